The molecule has 0 spiro atoms. The summed E-state index contributed by atoms with van der Waals surface area (Å²) in [4.78, 5) is 12.2. The lowest BCUT2D eigenvalue weighted by atomic mass is 9.71. The van der Waals surface area contributed by atoms with E-state index < -0.39 is 5.82 Å². The normalized spacial score (nSPS) is 18.2. The first-order valence-electron chi connectivity index (χ1n) is 8.43. The monoisotopic (exact) mass is 322 g/mol. The van der Waals surface area contributed by atoms with Crippen molar-refractivity contribution in [2.75, 3.05) is 13.1 Å². The molecule has 1 aromatic rings. The SMILES string of the molecule is CC(CNC(=O)CC1(CN)CCCCC1)Oc1ccccc1F. The van der Waals surface area contributed by atoms with Gasteiger partial charge in [0.1, 0.15) is 6.10 Å². The van der Waals surface area contributed by atoms with E-state index in [1.165, 1.54) is 12.5 Å². The molecule has 0 heterocycles. The summed E-state index contributed by atoms with van der Waals surface area (Å²) in [5, 5.41) is 2.89. The van der Waals surface area contributed by atoms with Gasteiger partial charge in [0.2, 0.25) is 5.91 Å². The molecule has 4 nitrogen and oxygen atoms in total. The quantitative estimate of drug-likeness (QED) is 0.811. The third-order valence-electron chi connectivity index (χ3n) is 4.63. The molecule has 0 saturated heterocycles. The topological polar surface area (TPSA) is 64.4 Å². The summed E-state index contributed by atoms with van der Waals surface area (Å²) in [5.41, 5.74) is 5.87. The zero-order chi connectivity index (χ0) is 16.7. The van der Waals surface area contributed by atoms with Gasteiger partial charge in [-0.3, -0.25) is 4.79 Å². The van der Waals surface area contributed by atoms with E-state index in [-0.39, 0.29) is 23.2 Å². The van der Waals surface area contributed by atoms with Crippen molar-refractivity contribution in [3.05, 3.63) is 30.1 Å². The van der Waals surface area contributed by atoms with E-state index in [2.05, 4.69) is 5.32 Å². The van der Waals surface area contributed by atoms with Crippen LogP contribution in [0.1, 0.15) is 45.4 Å². The first-order valence-corrected chi connectivity index (χ1v) is 8.43. The van der Waals surface area contributed by atoms with Crippen molar-refractivity contribution >= 4 is 5.91 Å². The number of amides is 1. The van der Waals surface area contributed by atoms with E-state index in [1.807, 2.05) is 6.92 Å². The second-order valence-corrected chi connectivity index (χ2v) is 6.60. The number of carbonyl (C=O) groups is 1. The maximum atomic E-state index is 13.5. The van der Waals surface area contributed by atoms with Crippen molar-refractivity contribution < 1.29 is 13.9 Å². The van der Waals surface area contributed by atoms with Crippen LogP contribution in [0.25, 0.3) is 0 Å². The number of para-hydroxylation sites is 1. The second-order valence-electron chi connectivity index (χ2n) is 6.60. The molecule has 1 atom stereocenters. The van der Waals surface area contributed by atoms with Gasteiger partial charge in [-0.05, 0) is 43.9 Å². The Kier molecular flexibility index (Phi) is 6.39. The van der Waals surface area contributed by atoms with Gasteiger partial charge in [-0.2, -0.15) is 0 Å². The minimum Gasteiger partial charge on any atom is -0.486 e. The Morgan fingerprint density at radius 3 is 2.70 bits per heavy atom. The summed E-state index contributed by atoms with van der Waals surface area (Å²) in [6.07, 6.45) is 5.76. The first-order chi connectivity index (χ1) is 11.0. The highest BCUT2D eigenvalue weighted by molar-refractivity contribution is 5.76. The van der Waals surface area contributed by atoms with Crippen LogP contribution in [0.4, 0.5) is 4.39 Å². The smallest absolute Gasteiger partial charge is 0.220 e. The highest BCUT2D eigenvalue weighted by Crippen LogP contribution is 2.38. The zero-order valence-electron chi connectivity index (χ0n) is 13.8. The van der Waals surface area contributed by atoms with Crippen molar-refractivity contribution in [1.29, 1.82) is 0 Å². The predicted molar refractivity (Wildman–Crippen MR) is 88.7 cm³/mol. The van der Waals surface area contributed by atoms with Crippen molar-refractivity contribution in [3.63, 3.8) is 0 Å². The van der Waals surface area contributed by atoms with Gasteiger partial charge in [0.05, 0.1) is 6.54 Å². The Bertz CT molecular complexity index is 515. The minimum absolute atomic E-state index is 0.00123. The van der Waals surface area contributed by atoms with Gasteiger partial charge < -0.3 is 15.8 Å². The van der Waals surface area contributed by atoms with Crippen LogP contribution >= 0.6 is 0 Å². The van der Waals surface area contributed by atoms with E-state index in [0.29, 0.717) is 19.5 Å². The van der Waals surface area contributed by atoms with Crippen LogP contribution in [-0.4, -0.2) is 25.1 Å². The molecule has 1 unspecified atom stereocenters. The summed E-state index contributed by atoms with van der Waals surface area (Å²) < 4.78 is 19.1. The highest BCUT2D eigenvalue weighted by atomic mass is 19.1. The van der Waals surface area contributed by atoms with Gasteiger partial charge in [0.15, 0.2) is 11.6 Å². The molecule has 0 aliphatic heterocycles. The molecule has 1 saturated carbocycles. The molecule has 0 bridgehead atoms. The molecule has 2 rings (SSSR count). The van der Waals surface area contributed by atoms with Crippen LogP contribution in [0.2, 0.25) is 0 Å². The lowest BCUT2D eigenvalue weighted by molar-refractivity contribution is -0.124. The van der Waals surface area contributed by atoms with Crippen molar-refractivity contribution in [1.82, 2.24) is 5.32 Å². The second kappa shape index (κ2) is 8.29. The van der Waals surface area contributed by atoms with Gasteiger partial charge in [-0.1, -0.05) is 31.4 Å². The fraction of sp³-hybridized carbons (Fsp3) is 0.611. The number of halogens is 1. The summed E-state index contributed by atoms with van der Waals surface area (Å²) in [5.74, 6) is -0.184. The van der Waals surface area contributed by atoms with Gasteiger partial charge in [0.25, 0.3) is 0 Å². The van der Waals surface area contributed by atoms with E-state index in [9.17, 15) is 9.18 Å². The molecule has 1 fully saturated rings. The van der Waals surface area contributed by atoms with Crippen LogP contribution in [0.15, 0.2) is 24.3 Å². The van der Waals surface area contributed by atoms with E-state index in [4.69, 9.17) is 10.5 Å². The number of hydrogen-bond donors (Lipinski definition) is 2. The van der Waals surface area contributed by atoms with Crippen LogP contribution in [-0.2, 0) is 4.79 Å². The van der Waals surface area contributed by atoms with Crippen LogP contribution in [0.3, 0.4) is 0 Å². The Morgan fingerprint density at radius 2 is 2.04 bits per heavy atom. The molecule has 1 aliphatic carbocycles. The maximum absolute atomic E-state index is 13.5. The molecule has 3 N–H and O–H groups in total. The lowest BCUT2D eigenvalue weighted by Gasteiger charge is -2.35. The van der Waals surface area contributed by atoms with Gasteiger partial charge in [-0.25, -0.2) is 4.39 Å². The number of nitrogens with one attached hydrogen (secondary N) is 1. The molecule has 5 heteroatoms. The summed E-state index contributed by atoms with van der Waals surface area (Å²) in [7, 11) is 0. The van der Waals surface area contributed by atoms with Crippen molar-refractivity contribution in [2.45, 2.75) is 51.6 Å². The summed E-state index contributed by atoms with van der Waals surface area (Å²) in [6, 6.07) is 6.27. The van der Waals surface area contributed by atoms with Crippen LogP contribution in [0.5, 0.6) is 5.75 Å². The Labute approximate surface area is 137 Å². The molecule has 1 aromatic carbocycles. The molecule has 0 aromatic heterocycles. The Morgan fingerprint density at radius 1 is 1.35 bits per heavy atom. The first kappa shape index (κ1) is 17.7. The number of rotatable bonds is 7. The molecule has 0 radical (unpaired) electrons. The molecule has 128 valence electrons. The zero-order valence-corrected chi connectivity index (χ0v) is 13.8. The minimum atomic E-state index is -0.394. The molecular weight excluding hydrogens is 295 g/mol. The fourth-order valence-corrected chi connectivity index (χ4v) is 3.21. The van der Waals surface area contributed by atoms with Crippen molar-refractivity contribution in [2.24, 2.45) is 11.1 Å². The molecule has 1 amide bonds. The Balaban J connectivity index is 1.78. The standard InChI is InChI=1S/C18H27FN2O2/c1-14(23-16-8-4-3-7-15(16)19)12-21-17(22)11-18(13-20)9-5-2-6-10-18/h3-4,7-8,14H,2,5-6,9-13,20H2,1H3,(H,21,22). The van der Waals surface area contributed by atoms with Crippen molar-refractivity contribution in [3.8, 4) is 5.75 Å². The number of nitrogens with two attached hydrogens (primary N) is 1. The van der Waals surface area contributed by atoms with E-state index in [1.54, 1.807) is 18.2 Å². The summed E-state index contributed by atoms with van der Waals surface area (Å²) in [6.45, 7) is 2.72. The average Bonchev–Trinajstić information content (AvgIpc) is 2.56. The lowest BCUT2D eigenvalue weighted by Crippen LogP contribution is -2.41. The maximum Gasteiger partial charge on any atom is 0.220 e. The summed E-state index contributed by atoms with van der Waals surface area (Å²) >= 11 is 0. The van der Waals surface area contributed by atoms with Gasteiger partial charge in [0, 0.05) is 6.42 Å². The largest absolute Gasteiger partial charge is 0.486 e. The van der Waals surface area contributed by atoms with Gasteiger partial charge in [-0.15, -0.1) is 0 Å². The number of carbonyl (C=O) groups excluding carboxylic acids is 1. The highest BCUT2D eigenvalue weighted by Gasteiger charge is 2.32. The van der Waals surface area contributed by atoms with E-state index in [0.717, 1.165) is 25.7 Å². The third-order valence-corrected chi connectivity index (χ3v) is 4.63. The molecular formula is C18H27FN2O2. The number of ether oxygens (including phenoxy) is 1. The average molecular weight is 322 g/mol. The van der Waals surface area contributed by atoms with Gasteiger partial charge >= 0.3 is 0 Å². The van der Waals surface area contributed by atoms with E-state index >= 15 is 0 Å². The Hall–Kier alpha value is -1.62. The number of hydrogen-bond acceptors (Lipinski definition) is 3. The van der Waals surface area contributed by atoms with Crippen LogP contribution < -0.4 is 15.8 Å². The third kappa shape index (κ3) is 5.20. The number of benzene rings is 1. The van der Waals surface area contributed by atoms with Crippen LogP contribution in [0, 0.1) is 11.2 Å². The molecule has 23 heavy (non-hydrogen) atoms. The molecule has 1 aliphatic rings. The fourth-order valence-electron chi connectivity index (χ4n) is 3.21. The predicted octanol–water partition coefficient (Wildman–Crippen LogP) is 3.01.